The minimum Gasteiger partial charge on any atom is -0.398 e. The van der Waals surface area contributed by atoms with Gasteiger partial charge in [-0.05, 0) is 36.8 Å². The summed E-state index contributed by atoms with van der Waals surface area (Å²) in [6, 6.07) is 7.82. The van der Waals surface area contributed by atoms with Crippen molar-refractivity contribution in [2.75, 3.05) is 12.3 Å². The molecule has 21 heavy (non-hydrogen) atoms. The first-order valence-corrected chi connectivity index (χ1v) is 8.08. The van der Waals surface area contributed by atoms with E-state index in [9.17, 15) is 4.79 Å². The molecule has 0 radical (unpaired) electrons. The van der Waals surface area contributed by atoms with Gasteiger partial charge in [-0.1, -0.05) is 44.9 Å². The van der Waals surface area contributed by atoms with Gasteiger partial charge in [0.05, 0.1) is 0 Å². The first-order valence-electron chi connectivity index (χ1n) is 8.08. The Hall–Kier alpha value is -1.51. The summed E-state index contributed by atoms with van der Waals surface area (Å²) in [4.78, 5) is 14.9. The number of anilines is 1. The predicted molar refractivity (Wildman–Crippen MR) is 87.7 cm³/mol. The number of para-hydroxylation sites is 1. The zero-order chi connectivity index (χ0) is 15.5. The number of carbonyl (C=O) groups is 1. The van der Waals surface area contributed by atoms with Crippen molar-refractivity contribution in [3.63, 3.8) is 0 Å². The smallest absolute Gasteiger partial charge is 0.226 e. The lowest BCUT2D eigenvalue weighted by Gasteiger charge is -2.40. The van der Waals surface area contributed by atoms with Crippen molar-refractivity contribution in [3.8, 4) is 0 Å². The normalized spacial score (nSPS) is 21.0. The second kappa shape index (κ2) is 6.50. The second-order valence-electron chi connectivity index (χ2n) is 6.84. The van der Waals surface area contributed by atoms with E-state index in [1.807, 2.05) is 36.1 Å². The molecule has 1 aliphatic rings. The highest BCUT2D eigenvalue weighted by atomic mass is 16.2. The van der Waals surface area contributed by atoms with E-state index < -0.39 is 0 Å². The zero-order valence-electron chi connectivity index (χ0n) is 13.6. The highest BCUT2D eigenvalue weighted by Gasteiger charge is 2.38. The van der Waals surface area contributed by atoms with Crippen molar-refractivity contribution < 1.29 is 4.79 Å². The maximum absolute atomic E-state index is 12.9. The molecule has 1 aromatic carbocycles. The van der Waals surface area contributed by atoms with Crippen LogP contribution in [0.4, 0.5) is 5.69 Å². The molecule has 0 bridgehead atoms. The Bertz CT molecular complexity index is 496. The van der Waals surface area contributed by atoms with E-state index in [2.05, 4.69) is 13.8 Å². The molecule has 0 spiro atoms. The van der Waals surface area contributed by atoms with Crippen LogP contribution < -0.4 is 5.73 Å². The molecule has 1 saturated carbocycles. The third kappa shape index (κ3) is 3.58. The molecule has 1 aliphatic carbocycles. The van der Waals surface area contributed by atoms with Crippen LogP contribution in [0, 0.1) is 11.3 Å². The highest BCUT2D eigenvalue weighted by Crippen LogP contribution is 2.41. The molecule has 116 valence electrons. The lowest BCUT2D eigenvalue weighted by molar-refractivity contribution is -0.141. The molecule has 1 unspecified atom stereocenters. The number of rotatable bonds is 4. The van der Waals surface area contributed by atoms with Crippen LogP contribution in [0.1, 0.15) is 52.0 Å². The van der Waals surface area contributed by atoms with E-state index in [0.717, 1.165) is 30.6 Å². The third-order valence-electron chi connectivity index (χ3n) is 4.92. The topological polar surface area (TPSA) is 46.3 Å². The van der Waals surface area contributed by atoms with Crippen molar-refractivity contribution in [2.24, 2.45) is 11.3 Å². The van der Waals surface area contributed by atoms with E-state index in [1.165, 1.54) is 12.8 Å². The molecule has 1 atom stereocenters. The lowest BCUT2D eigenvalue weighted by atomic mass is 9.68. The number of hydrogen-bond donors (Lipinski definition) is 1. The summed E-state index contributed by atoms with van der Waals surface area (Å²) >= 11 is 0. The van der Waals surface area contributed by atoms with Gasteiger partial charge in [0.2, 0.25) is 5.91 Å². The molecule has 3 heteroatoms. The SMILES string of the molecule is CCN(Cc1ccccc1N)C(=O)C1CCCCC1(C)C. The fourth-order valence-corrected chi connectivity index (χ4v) is 3.40. The van der Waals surface area contributed by atoms with E-state index in [-0.39, 0.29) is 11.3 Å². The molecular weight excluding hydrogens is 260 g/mol. The van der Waals surface area contributed by atoms with Crippen LogP contribution >= 0.6 is 0 Å². The zero-order valence-corrected chi connectivity index (χ0v) is 13.6. The Balaban J connectivity index is 2.13. The number of hydrogen-bond acceptors (Lipinski definition) is 2. The van der Waals surface area contributed by atoms with Crippen LogP contribution in [0.3, 0.4) is 0 Å². The first kappa shape index (κ1) is 15.9. The van der Waals surface area contributed by atoms with E-state index in [1.54, 1.807) is 0 Å². The largest absolute Gasteiger partial charge is 0.398 e. The molecule has 1 aromatic rings. The summed E-state index contributed by atoms with van der Waals surface area (Å²) in [5.74, 6) is 0.446. The van der Waals surface area contributed by atoms with E-state index in [4.69, 9.17) is 5.73 Å². The maximum Gasteiger partial charge on any atom is 0.226 e. The first-order chi connectivity index (χ1) is 9.95. The summed E-state index contributed by atoms with van der Waals surface area (Å²) in [5, 5.41) is 0. The molecule has 1 fully saturated rings. The number of amides is 1. The van der Waals surface area contributed by atoms with Gasteiger partial charge < -0.3 is 10.6 Å². The van der Waals surface area contributed by atoms with Crippen LogP contribution in [0.15, 0.2) is 24.3 Å². The molecule has 2 rings (SSSR count). The monoisotopic (exact) mass is 288 g/mol. The van der Waals surface area contributed by atoms with E-state index >= 15 is 0 Å². The Morgan fingerprint density at radius 3 is 2.67 bits per heavy atom. The third-order valence-corrected chi connectivity index (χ3v) is 4.92. The summed E-state index contributed by atoms with van der Waals surface area (Å²) in [7, 11) is 0. The van der Waals surface area contributed by atoms with Crippen molar-refractivity contribution in [1.29, 1.82) is 0 Å². The number of nitrogens with zero attached hydrogens (tertiary/aromatic N) is 1. The van der Waals surface area contributed by atoms with Crippen LogP contribution in [0.5, 0.6) is 0 Å². The van der Waals surface area contributed by atoms with E-state index in [0.29, 0.717) is 12.5 Å². The average molecular weight is 288 g/mol. The molecule has 1 amide bonds. The lowest BCUT2D eigenvalue weighted by Crippen LogP contribution is -2.43. The quantitative estimate of drug-likeness (QED) is 0.856. The molecule has 2 N–H and O–H groups in total. The molecule has 0 saturated heterocycles. The molecule has 0 aliphatic heterocycles. The van der Waals surface area contributed by atoms with Crippen molar-refractivity contribution in [1.82, 2.24) is 4.90 Å². The van der Waals surface area contributed by atoms with Gasteiger partial charge in [-0.3, -0.25) is 4.79 Å². The van der Waals surface area contributed by atoms with Crippen molar-refractivity contribution >= 4 is 11.6 Å². The van der Waals surface area contributed by atoms with Gasteiger partial charge in [0, 0.05) is 24.7 Å². The summed E-state index contributed by atoms with van der Waals surface area (Å²) in [6.45, 7) is 7.88. The maximum atomic E-state index is 12.9. The van der Waals surface area contributed by atoms with Gasteiger partial charge in [-0.25, -0.2) is 0 Å². The number of nitrogen functional groups attached to an aromatic ring is 1. The van der Waals surface area contributed by atoms with Gasteiger partial charge in [0.25, 0.3) is 0 Å². The minimum atomic E-state index is 0.116. The fraction of sp³-hybridized carbons (Fsp3) is 0.611. The van der Waals surface area contributed by atoms with Crippen LogP contribution in [0.2, 0.25) is 0 Å². The summed E-state index contributed by atoms with van der Waals surface area (Å²) < 4.78 is 0. The number of carbonyl (C=O) groups excluding carboxylic acids is 1. The van der Waals surface area contributed by atoms with Crippen LogP contribution in [0.25, 0.3) is 0 Å². The van der Waals surface area contributed by atoms with Gasteiger partial charge in [0.15, 0.2) is 0 Å². The Morgan fingerprint density at radius 2 is 2.05 bits per heavy atom. The number of benzene rings is 1. The Kier molecular flexibility index (Phi) is 4.92. The molecule has 0 aromatic heterocycles. The van der Waals surface area contributed by atoms with Gasteiger partial charge in [0.1, 0.15) is 0 Å². The Morgan fingerprint density at radius 1 is 1.33 bits per heavy atom. The summed E-state index contributed by atoms with van der Waals surface area (Å²) in [6.07, 6.45) is 4.58. The second-order valence-corrected chi connectivity index (χ2v) is 6.84. The molecule has 3 nitrogen and oxygen atoms in total. The molecular formula is C18H28N2O. The van der Waals surface area contributed by atoms with Crippen molar-refractivity contribution in [3.05, 3.63) is 29.8 Å². The fourth-order valence-electron chi connectivity index (χ4n) is 3.40. The van der Waals surface area contributed by atoms with Gasteiger partial charge in [-0.2, -0.15) is 0 Å². The standard InChI is InChI=1S/C18H28N2O/c1-4-20(13-14-9-5-6-11-16(14)19)17(21)15-10-7-8-12-18(15,2)3/h5-6,9,11,15H,4,7-8,10,12-13,19H2,1-3H3. The Labute approximate surface area is 128 Å². The number of nitrogens with two attached hydrogens (primary N) is 1. The minimum absolute atomic E-state index is 0.116. The van der Waals surface area contributed by atoms with Crippen LogP contribution in [-0.4, -0.2) is 17.4 Å². The summed E-state index contributed by atoms with van der Waals surface area (Å²) in [5.41, 5.74) is 7.95. The van der Waals surface area contributed by atoms with Crippen LogP contribution in [-0.2, 0) is 11.3 Å². The average Bonchev–Trinajstić information content (AvgIpc) is 2.45. The molecule has 0 heterocycles. The van der Waals surface area contributed by atoms with Gasteiger partial charge in [-0.15, -0.1) is 0 Å². The predicted octanol–water partition coefficient (Wildman–Crippen LogP) is 3.83. The van der Waals surface area contributed by atoms with Crippen molar-refractivity contribution in [2.45, 2.75) is 53.0 Å². The van der Waals surface area contributed by atoms with Gasteiger partial charge >= 0.3 is 0 Å². The highest BCUT2D eigenvalue weighted by molar-refractivity contribution is 5.80.